The van der Waals surface area contributed by atoms with Gasteiger partial charge in [-0.25, -0.2) is 4.39 Å². The number of benzene rings is 1. The smallest absolute Gasteiger partial charge is 0.260 e. The van der Waals surface area contributed by atoms with Crippen molar-refractivity contribution in [3.05, 3.63) is 50.9 Å². The molecule has 1 aromatic heterocycles. The second-order valence-corrected chi connectivity index (χ2v) is 7.95. The Bertz CT molecular complexity index is 684. The first-order valence-electron chi connectivity index (χ1n) is 7.71. The van der Waals surface area contributed by atoms with Gasteiger partial charge in [0, 0.05) is 32.7 Å². The average Bonchev–Trinajstić information content (AvgIpc) is 2.99. The summed E-state index contributed by atoms with van der Waals surface area (Å²) in [7, 11) is 0. The Kier molecular flexibility index (Phi) is 5.86. The van der Waals surface area contributed by atoms with Crippen molar-refractivity contribution in [1.82, 2.24) is 9.80 Å². The molecule has 3 rings (SSSR count). The van der Waals surface area contributed by atoms with E-state index in [-0.39, 0.29) is 18.3 Å². The molecule has 4 nitrogen and oxygen atoms in total. The number of carbonyl (C=O) groups is 1. The van der Waals surface area contributed by atoms with E-state index in [1.54, 1.807) is 11.3 Å². The number of nitrogens with zero attached hydrogens (tertiary/aromatic N) is 2. The molecule has 1 aliphatic rings. The molecule has 0 atom stereocenters. The number of piperazine rings is 1. The first-order valence-corrected chi connectivity index (χ1v) is 9.39. The van der Waals surface area contributed by atoms with E-state index in [1.165, 1.54) is 29.8 Å². The van der Waals surface area contributed by atoms with E-state index in [2.05, 4.69) is 32.3 Å². The van der Waals surface area contributed by atoms with E-state index in [0.29, 0.717) is 18.8 Å². The van der Waals surface area contributed by atoms with Gasteiger partial charge in [-0.05, 0) is 57.2 Å². The van der Waals surface area contributed by atoms with Gasteiger partial charge in [0.05, 0.1) is 3.79 Å². The molecular formula is C17H18BrFN2O2S. The Morgan fingerprint density at radius 1 is 1.21 bits per heavy atom. The fourth-order valence-corrected chi connectivity index (χ4v) is 3.81. The van der Waals surface area contributed by atoms with Gasteiger partial charge in [0.1, 0.15) is 11.6 Å². The number of ether oxygens (including phenoxy) is 1. The number of rotatable bonds is 5. The van der Waals surface area contributed by atoms with Gasteiger partial charge in [0.15, 0.2) is 6.61 Å². The standard InChI is InChI=1S/C17H18BrFN2O2S/c18-16-9-13(12-24-16)10-20-5-7-21(8-6-20)17(22)11-23-15-3-1-14(19)2-4-15/h1-4,9,12H,5-8,10-11H2. The van der Waals surface area contributed by atoms with Crippen LogP contribution in [0.25, 0.3) is 0 Å². The summed E-state index contributed by atoms with van der Waals surface area (Å²) in [6.07, 6.45) is 0. The van der Waals surface area contributed by atoms with Crippen molar-refractivity contribution in [1.29, 1.82) is 0 Å². The number of hydrogen-bond donors (Lipinski definition) is 0. The molecule has 0 saturated carbocycles. The monoisotopic (exact) mass is 412 g/mol. The van der Waals surface area contributed by atoms with Gasteiger partial charge in [-0.2, -0.15) is 0 Å². The summed E-state index contributed by atoms with van der Waals surface area (Å²) in [5, 5.41) is 2.15. The molecule has 24 heavy (non-hydrogen) atoms. The van der Waals surface area contributed by atoms with E-state index < -0.39 is 0 Å². The van der Waals surface area contributed by atoms with Crippen LogP contribution in [0.1, 0.15) is 5.56 Å². The van der Waals surface area contributed by atoms with Crippen molar-refractivity contribution >= 4 is 33.2 Å². The Morgan fingerprint density at radius 2 is 1.92 bits per heavy atom. The second kappa shape index (κ2) is 8.09. The Balaban J connectivity index is 1.42. The van der Waals surface area contributed by atoms with Gasteiger partial charge in [0.25, 0.3) is 5.91 Å². The number of carbonyl (C=O) groups excluding carboxylic acids is 1. The third-order valence-corrected chi connectivity index (χ3v) is 5.48. The van der Waals surface area contributed by atoms with Gasteiger partial charge in [-0.1, -0.05) is 0 Å². The highest BCUT2D eigenvalue weighted by atomic mass is 79.9. The van der Waals surface area contributed by atoms with Gasteiger partial charge in [-0.3, -0.25) is 9.69 Å². The predicted molar refractivity (Wildman–Crippen MR) is 95.8 cm³/mol. The molecular weight excluding hydrogens is 395 g/mol. The van der Waals surface area contributed by atoms with Crippen molar-refractivity contribution < 1.29 is 13.9 Å². The molecule has 2 aromatic rings. The van der Waals surface area contributed by atoms with Crippen molar-refractivity contribution in [2.75, 3.05) is 32.8 Å². The summed E-state index contributed by atoms with van der Waals surface area (Å²) < 4.78 is 19.4. The molecule has 0 N–H and O–H groups in total. The lowest BCUT2D eigenvalue weighted by atomic mass is 10.2. The zero-order valence-electron chi connectivity index (χ0n) is 13.1. The number of amides is 1. The minimum Gasteiger partial charge on any atom is -0.484 e. The van der Waals surface area contributed by atoms with E-state index in [0.717, 1.165) is 23.4 Å². The van der Waals surface area contributed by atoms with Crippen LogP contribution in [0.2, 0.25) is 0 Å². The van der Waals surface area contributed by atoms with E-state index >= 15 is 0 Å². The molecule has 0 bridgehead atoms. The van der Waals surface area contributed by atoms with Gasteiger partial charge >= 0.3 is 0 Å². The van der Waals surface area contributed by atoms with Crippen LogP contribution in [0.5, 0.6) is 5.75 Å². The average molecular weight is 413 g/mol. The summed E-state index contributed by atoms with van der Waals surface area (Å²) in [4.78, 5) is 16.4. The van der Waals surface area contributed by atoms with Gasteiger partial charge < -0.3 is 9.64 Å². The highest BCUT2D eigenvalue weighted by Crippen LogP contribution is 2.22. The summed E-state index contributed by atoms with van der Waals surface area (Å²) in [6.45, 7) is 4.03. The van der Waals surface area contributed by atoms with E-state index in [9.17, 15) is 9.18 Å². The van der Waals surface area contributed by atoms with Crippen LogP contribution >= 0.6 is 27.3 Å². The molecule has 7 heteroatoms. The van der Waals surface area contributed by atoms with E-state index in [1.807, 2.05) is 4.90 Å². The molecule has 128 valence electrons. The van der Waals surface area contributed by atoms with Crippen molar-refractivity contribution in [2.45, 2.75) is 6.54 Å². The van der Waals surface area contributed by atoms with Crippen LogP contribution in [0.3, 0.4) is 0 Å². The fraction of sp³-hybridized carbons (Fsp3) is 0.353. The number of hydrogen-bond acceptors (Lipinski definition) is 4. The van der Waals surface area contributed by atoms with Gasteiger partial charge in [-0.15, -0.1) is 11.3 Å². The summed E-state index contributed by atoms with van der Waals surface area (Å²) >= 11 is 5.17. The second-order valence-electron chi connectivity index (χ2n) is 5.66. The van der Waals surface area contributed by atoms with Crippen LogP contribution in [-0.2, 0) is 11.3 Å². The number of thiophene rings is 1. The van der Waals surface area contributed by atoms with Crippen molar-refractivity contribution in [3.8, 4) is 5.75 Å². The normalized spacial score (nSPS) is 15.5. The van der Waals surface area contributed by atoms with Gasteiger partial charge in [0.2, 0.25) is 0 Å². The fourth-order valence-electron chi connectivity index (χ4n) is 2.61. The third kappa shape index (κ3) is 4.78. The predicted octanol–water partition coefficient (Wildman–Crippen LogP) is 3.37. The minimum atomic E-state index is -0.317. The lowest BCUT2D eigenvalue weighted by Crippen LogP contribution is -2.49. The third-order valence-electron chi connectivity index (χ3n) is 3.93. The van der Waals surface area contributed by atoms with Crippen LogP contribution in [0, 0.1) is 5.82 Å². The molecule has 1 amide bonds. The van der Waals surface area contributed by atoms with Crippen LogP contribution in [-0.4, -0.2) is 48.5 Å². The SMILES string of the molecule is O=C(COc1ccc(F)cc1)N1CCN(Cc2csc(Br)c2)CC1. The molecule has 0 radical (unpaired) electrons. The number of halogens is 2. The lowest BCUT2D eigenvalue weighted by molar-refractivity contribution is -0.135. The maximum atomic E-state index is 12.8. The Labute approximate surface area is 153 Å². The summed E-state index contributed by atoms with van der Waals surface area (Å²) in [5.41, 5.74) is 1.30. The molecule has 2 heterocycles. The molecule has 1 aliphatic heterocycles. The first-order chi connectivity index (χ1) is 11.6. The molecule has 0 unspecified atom stereocenters. The zero-order chi connectivity index (χ0) is 16.9. The molecule has 0 aliphatic carbocycles. The van der Waals surface area contributed by atoms with Crippen LogP contribution in [0.4, 0.5) is 4.39 Å². The van der Waals surface area contributed by atoms with Crippen LogP contribution < -0.4 is 4.74 Å². The molecule has 1 saturated heterocycles. The topological polar surface area (TPSA) is 32.8 Å². The quantitative estimate of drug-likeness (QED) is 0.754. The Morgan fingerprint density at radius 3 is 2.54 bits per heavy atom. The van der Waals surface area contributed by atoms with Crippen molar-refractivity contribution in [2.24, 2.45) is 0 Å². The van der Waals surface area contributed by atoms with Crippen LogP contribution in [0.15, 0.2) is 39.5 Å². The maximum absolute atomic E-state index is 12.8. The highest BCUT2D eigenvalue weighted by molar-refractivity contribution is 9.11. The summed E-state index contributed by atoms with van der Waals surface area (Å²) in [6, 6.07) is 7.83. The first kappa shape index (κ1) is 17.4. The highest BCUT2D eigenvalue weighted by Gasteiger charge is 2.21. The molecule has 1 aromatic carbocycles. The minimum absolute atomic E-state index is 0.0108. The maximum Gasteiger partial charge on any atom is 0.260 e. The largest absolute Gasteiger partial charge is 0.484 e. The molecule has 0 spiro atoms. The molecule has 1 fully saturated rings. The Hall–Kier alpha value is -1.44. The van der Waals surface area contributed by atoms with Crippen molar-refractivity contribution in [3.63, 3.8) is 0 Å². The van der Waals surface area contributed by atoms with E-state index in [4.69, 9.17) is 4.74 Å². The summed E-state index contributed by atoms with van der Waals surface area (Å²) in [5.74, 6) is 0.158. The zero-order valence-corrected chi connectivity index (χ0v) is 15.5. The lowest BCUT2D eigenvalue weighted by Gasteiger charge is -2.34.